The standard InChI is InChI=1S/C31H30N2O6S4/c1-24-16-20-28(21-17-24)42(34,35)38-32-30(40-26-10-5-3-6-11-26)14-9-15-31(41-27-12-7-4-8-13-27)33-39-43(36,37)29-22-18-25(2)19-23-29/h3-8,10-13,16-23H,9,14-15H2,1-2H3. The van der Waals surface area contributed by atoms with E-state index in [4.69, 9.17) is 8.57 Å². The lowest BCUT2D eigenvalue weighted by Gasteiger charge is -2.09. The fourth-order valence-electron chi connectivity index (χ4n) is 3.55. The van der Waals surface area contributed by atoms with Crippen molar-refractivity contribution in [1.29, 1.82) is 0 Å². The van der Waals surface area contributed by atoms with E-state index in [0.717, 1.165) is 20.9 Å². The summed E-state index contributed by atoms with van der Waals surface area (Å²) < 4.78 is 61.2. The minimum atomic E-state index is -4.12. The molecule has 43 heavy (non-hydrogen) atoms. The first-order valence-corrected chi connectivity index (χ1v) is 17.7. The van der Waals surface area contributed by atoms with Crippen molar-refractivity contribution in [2.45, 2.75) is 52.7 Å². The first kappa shape index (κ1) is 32.3. The van der Waals surface area contributed by atoms with Crippen LogP contribution in [0.2, 0.25) is 0 Å². The maximum absolute atomic E-state index is 12.8. The van der Waals surface area contributed by atoms with Crippen LogP contribution in [-0.2, 0) is 28.8 Å². The van der Waals surface area contributed by atoms with E-state index in [9.17, 15) is 16.8 Å². The molecule has 12 heteroatoms. The number of aryl methyl sites for hydroxylation is 2. The zero-order chi connectivity index (χ0) is 30.7. The number of benzene rings is 4. The Morgan fingerprint density at radius 1 is 0.558 bits per heavy atom. The molecule has 0 heterocycles. The number of thioether (sulfide) groups is 2. The van der Waals surface area contributed by atoms with Gasteiger partial charge in [-0.15, -0.1) is 0 Å². The van der Waals surface area contributed by atoms with Gasteiger partial charge in [0, 0.05) is 9.79 Å². The zero-order valence-corrected chi connectivity index (χ0v) is 26.8. The third-order valence-electron chi connectivity index (χ3n) is 5.83. The first-order chi connectivity index (χ1) is 20.6. The van der Waals surface area contributed by atoms with Gasteiger partial charge >= 0.3 is 20.2 Å². The Morgan fingerprint density at radius 2 is 0.907 bits per heavy atom. The van der Waals surface area contributed by atoms with Gasteiger partial charge in [-0.05, 0) is 81.6 Å². The predicted octanol–water partition coefficient (Wildman–Crippen LogP) is 7.80. The normalized spacial score (nSPS) is 12.6. The molecule has 0 radical (unpaired) electrons. The van der Waals surface area contributed by atoms with Gasteiger partial charge in [0.15, 0.2) is 0 Å². The molecule has 0 saturated heterocycles. The lowest BCUT2D eigenvalue weighted by atomic mass is 10.2. The van der Waals surface area contributed by atoms with Crippen LogP contribution < -0.4 is 0 Å². The van der Waals surface area contributed by atoms with E-state index in [2.05, 4.69) is 10.3 Å². The Labute approximate surface area is 261 Å². The second kappa shape index (κ2) is 15.2. The van der Waals surface area contributed by atoms with Crippen LogP contribution in [0.4, 0.5) is 0 Å². The van der Waals surface area contributed by atoms with Crippen molar-refractivity contribution in [2.75, 3.05) is 0 Å². The minimum Gasteiger partial charge on any atom is -0.264 e. The summed E-state index contributed by atoms with van der Waals surface area (Å²) in [6.07, 6.45) is 1.13. The molecule has 4 aromatic rings. The quantitative estimate of drug-likeness (QED) is 0.0659. The number of rotatable bonds is 12. The van der Waals surface area contributed by atoms with Crippen molar-refractivity contribution in [1.82, 2.24) is 0 Å². The molecular weight excluding hydrogens is 625 g/mol. The largest absolute Gasteiger partial charge is 0.358 e. The van der Waals surface area contributed by atoms with Gasteiger partial charge in [0.1, 0.15) is 19.9 Å². The summed E-state index contributed by atoms with van der Waals surface area (Å²) in [5, 5.41) is 8.90. The third kappa shape index (κ3) is 10.3. The molecule has 8 nitrogen and oxygen atoms in total. The highest BCUT2D eigenvalue weighted by molar-refractivity contribution is 8.14. The van der Waals surface area contributed by atoms with Crippen LogP contribution in [0.5, 0.6) is 0 Å². The molecule has 224 valence electrons. The molecule has 0 unspecified atom stereocenters. The minimum absolute atomic E-state index is 0.00604. The summed E-state index contributed by atoms with van der Waals surface area (Å²) in [7, 11) is -8.23. The molecule has 0 aliphatic carbocycles. The van der Waals surface area contributed by atoms with E-state index in [1.807, 2.05) is 74.5 Å². The predicted molar refractivity (Wildman–Crippen MR) is 172 cm³/mol. The van der Waals surface area contributed by atoms with Gasteiger partial charge in [-0.2, -0.15) is 16.8 Å². The van der Waals surface area contributed by atoms with Gasteiger partial charge in [0.25, 0.3) is 0 Å². The van der Waals surface area contributed by atoms with Crippen molar-refractivity contribution in [3.63, 3.8) is 0 Å². The third-order valence-corrected chi connectivity index (χ3v) is 10.1. The van der Waals surface area contributed by atoms with E-state index >= 15 is 0 Å². The Bertz CT molecular complexity index is 1630. The summed E-state index contributed by atoms with van der Waals surface area (Å²) in [6, 6.07) is 31.4. The molecule has 0 fully saturated rings. The molecule has 0 saturated carbocycles. The molecule has 4 aromatic carbocycles. The number of nitrogens with zero attached hydrogens (tertiary/aromatic N) is 2. The smallest absolute Gasteiger partial charge is 0.264 e. The van der Waals surface area contributed by atoms with Crippen LogP contribution in [0.25, 0.3) is 0 Å². The SMILES string of the molecule is Cc1ccc(S(=O)(=O)ON=C(CCCC(=NOS(=O)(=O)c2ccc(C)cc2)Sc2ccccc2)Sc2ccccc2)cc1. The van der Waals surface area contributed by atoms with Crippen molar-refractivity contribution in [2.24, 2.45) is 10.3 Å². The molecular formula is C31H30N2O6S4. The Hall–Kier alpha value is -3.58. The lowest BCUT2D eigenvalue weighted by molar-refractivity contribution is 0.339. The summed E-state index contributed by atoms with van der Waals surface area (Å²) in [5.41, 5.74) is 1.84. The molecule has 0 atom stereocenters. The Kier molecular flexibility index (Phi) is 11.5. The maximum Gasteiger partial charge on any atom is 0.358 e. The lowest BCUT2D eigenvalue weighted by Crippen LogP contribution is -2.06. The maximum atomic E-state index is 12.8. The van der Waals surface area contributed by atoms with Gasteiger partial charge in [-0.3, -0.25) is 8.57 Å². The van der Waals surface area contributed by atoms with Gasteiger partial charge < -0.3 is 0 Å². The monoisotopic (exact) mass is 654 g/mol. The first-order valence-electron chi connectivity index (χ1n) is 13.2. The average molecular weight is 655 g/mol. The van der Waals surface area contributed by atoms with Crippen LogP contribution >= 0.6 is 23.5 Å². The van der Waals surface area contributed by atoms with E-state index in [1.54, 1.807) is 24.3 Å². The van der Waals surface area contributed by atoms with Crippen LogP contribution in [0.3, 0.4) is 0 Å². The fraction of sp³-hybridized carbons (Fsp3) is 0.161. The van der Waals surface area contributed by atoms with Gasteiger partial charge in [-0.1, -0.05) is 106 Å². The second-order valence-corrected chi connectivity index (χ2v) is 14.7. The molecule has 0 spiro atoms. The average Bonchev–Trinajstić information content (AvgIpc) is 3.00. The van der Waals surface area contributed by atoms with Gasteiger partial charge in [-0.25, -0.2) is 0 Å². The van der Waals surface area contributed by atoms with Crippen molar-refractivity contribution in [3.8, 4) is 0 Å². The van der Waals surface area contributed by atoms with E-state index < -0.39 is 20.2 Å². The van der Waals surface area contributed by atoms with Crippen LogP contribution in [0.1, 0.15) is 30.4 Å². The number of hydrogen-bond acceptors (Lipinski definition) is 10. The van der Waals surface area contributed by atoms with Gasteiger partial charge in [0.2, 0.25) is 0 Å². The van der Waals surface area contributed by atoms with E-state index in [-0.39, 0.29) is 9.79 Å². The van der Waals surface area contributed by atoms with Crippen molar-refractivity contribution in [3.05, 3.63) is 120 Å². The van der Waals surface area contributed by atoms with E-state index in [1.165, 1.54) is 47.8 Å². The Morgan fingerprint density at radius 3 is 1.26 bits per heavy atom. The topological polar surface area (TPSA) is 111 Å². The summed E-state index contributed by atoms with van der Waals surface area (Å²) in [6.45, 7) is 3.72. The highest BCUT2D eigenvalue weighted by Gasteiger charge is 2.18. The second-order valence-electron chi connectivity index (χ2n) is 9.34. The number of hydrogen-bond donors (Lipinski definition) is 0. The molecule has 0 amide bonds. The van der Waals surface area contributed by atoms with Crippen molar-refractivity contribution < 1.29 is 25.4 Å². The number of oxime groups is 2. The highest BCUT2D eigenvalue weighted by atomic mass is 32.2. The molecule has 0 N–H and O–H groups in total. The molecule has 0 aliphatic rings. The van der Waals surface area contributed by atoms with Crippen LogP contribution in [0, 0.1) is 13.8 Å². The van der Waals surface area contributed by atoms with Gasteiger partial charge in [0.05, 0.1) is 0 Å². The summed E-state index contributed by atoms with van der Waals surface area (Å²) >= 11 is 2.57. The van der Waals surface area contributed by atoms with E-state index in [0.29, 0.717) is 29.3 Å². The Balaban J connectivity index is 1.51. The van der Waals surface area contributed by atoms with Crippen LogP contribution in [0.15, 0.2) is 139 Å². The van der Waals surface area contributed by atoms with Crippen molar-refractivity contribution >= 4 is 53.8 Å². The van der Waals surface area contributed by atoms with Crippen LogP contribution in [-0.4, -0.2) is 26.9 Å². The highest BCUT2D eigenvalue weighted by Crippen LogP contribution is 2.27. The molecule has 0 bridgehead atoms. The molecule has 4 rings (SSSR count). The molecule has 0 aliphatic heterocycles. The molecule has 0 aromatic heterocycles. The fourth-order valence-corrected chi connectivity index (χ4v) is 6.90. The summed E-state index contributed by atoms with van der Waals surface area (Å²) in [5.74, 6) is 0. The summed E-state index contributed by atoms with van der Waals surface area (Å²) in [4.78, 5) is 1.73. The zero-order valence-electron chi connectivity index (χ0n) is 23.5.